The molecule has 0 aliphatic carbocycles. The van der Waals surface area contributed by atoms with Crippen LogP contribution in [0.3, 0.4) is 0 Å². The van der Waals surface area contributed by atoms with E-state index in [0.717, 1.165) is 13.8 Å². The van der Waals surface area contributed by atoms with Crippen molar-refractivity contribution in [2.45, 2.75) is 46.2 Å². The second-order valence-electron chi connectivity index (χ2n) is 4.66. The number of carbonyl (C=O) groups is 4. The van der Waals surface area contributed by atoms with E-state index >= 15 is 0 Å². The zero-order valence-electron chi connectivity index (χ0n) is 13.2. The van der Waals surface area contributed by atoms with Crippen molar-refractivity contribution < 1.29 is 42.9 Å². The molecule has 0 aromatic rings. The predicted octanol–water partition coefficient (Wildman–Crippen LogP) is 0.216. The van der Waals surface area contributed by atoms with Crippen molar-refractivity contribution in [3.63, 3.8) is 0 Å². The van der Waals surface area contributed by atoms with Gasteiger partial charge in [0, 0.05) is 33.8 Å². The van der Waals surface area contributed by atoms with Crippen LogP contribution in [0.1, 0.15) is 27.7 Å². The molecule has 0 saturated heterocycles. The summed E-state index contributed by atoms with van der Waals surface area (Å²) < 4.78 is 25.1. The van der Waals surface area contributed by atoms with Crippen LogP contribution in [0, 0.1) is 0 Å². The molecule has 0 bridgehead atoms. The Bertz CT molecular complexity index is 522. The molecule has 3 atom stereocenters. The predicted molar refractivity (Wildman–Crippen MR) is 72.5 cm³/mol. The molecule has 0 unspecified atom stereocenters. The van der Waals surface area contributed by atoms with Crippen molar-refractivity contribution in [3.8, 4) is 0 Å². The smallest absolute Gasteiger partial charge is 0.305 e. The average molecular weight is 330 g/mol. The number of rotatable bonds is 5. The molecule has 0 aromatic heterocycles. The molecule has 0 saturated carbocycles. The Morgan fingerprint density at radius 1 is 0.913 bits per heavy atom. The Labute approximate surface area is 132 Å². The first-order valence-electron chi connectivity index (χ1n) is 6.71. The van der Waals surface area contributed by atoms with Gasteiger partial charge < -0.3 is 23.7 Å². The molecule has 1 rings (SSSR count). The van der Waals surface area contributed by atoms with Crippen molar-refractivity contribution in [2.24, 2.45) is 0 Å². The van der Waals surface area contributed by atoms with E-state index in [4.69, 9.17) is 23.7 Å². The fourth-order valence-corrected chi connectivity index (χ4v) is 1.81. The summed E-state index contributed by atoms with van der Waals surface area (Å²) in [5, 5.41) is 0. The molecule has 1 heterocycles. The summed E-state index contributed by atoms with van der Waals surface area (Å²) in [5.74, 6) is -2.46. The maximum absolute atomic E-state index is 11.2. The Hall–Kier alpha value is -2.58. The number of carbonyl (C=O) groups excluding carboxylic acids is 4. The van der Waals surface area contributed by atoms with Gasteiger partial charge in [0.25, 0.3) is 6.29 Å². The molecule has 1 aliphatic heterocycles. The van der Waals surface area contributed by atoms with Gasteiger partial charge in [-0.25, -0.2) is 0 Å². The van der Waals surface area contributed by atoms with Crippen LogP contribution < -0.4 is 0 Å². The third kappa shape index (κ3) is 6.37. The second kappa shape index (κ2) is 8.16. The van der Waals surface area contributed by atoms with E-state index in [2.05, 4.69) is 0 Å². The maximum Gasteiger partial charge on any atom is 0.305 e. The van der Waals surface area contributed by atoms with E-state index in [1.807, 2.05) is 0 Å². The molecule has 0 fully saturated rings. The monoisotopic (exact) mass is 330 g/mol. The van der Waals surface area contributed by atoms with Crippen LogP contribution in [0.25, 0.3) is 0 Å². The third-order valence-corrected chi connectivity index (χ3v) is 2.51. The number of hydrogen-bond acceptors (Lipinski definition) is 9. The number of esters is 4. The van der Waals surface area contributed by atoms with E-state index in [1.54, 1.807) is 0 Å². The molecular formula is C14H18O9. The summed E-state index contributed by atoms with van der Waals surface area (Å²) in [6.07, 6.45) is -2.25. The highest BCUT2D eigenvalue weighted by Crippen LogP contribution is 2.25. The summed E-state index contributed by atoms with van der Waals surface area (Å²) in [4.78, 5) is 44.5. The van der Waals surface area contributed by atoms with E-state index in [9.17, 15) is 19.2 Å². The van der Waals surface area contributed by atoms with Crippen LogP contribution in [0.2, 0.25) is 0 Å². The normalized spacial score (nSPS) is 23.0. The van der Waals surface area contributed by atoms with Gasteiger partial charge >= 0.3 is 23.9 Å². The van der Waals surface area contributed by atoms with Crippen molar-refractivity contribution in [2.75, 3.05) is 6.61 Å². The molecule has 23 heavy (non-hydrogen) atoms. The molecule has 0 amide bonds. The molecule has 9 nitrogen and oxygen atoms in total. The number of ether oxygens (including phenoxy) is 5. The fraction of sp³-hybridized carbons (Fsp3) is 0.571. The lowest BCUT2D eigenvalue weighted by Crippen LogP contribution is -2.48. The zero-order valence-corrected chi connectivity index (χ0v) is 13.2. The van der Waals surface area contributed by atoms with Crippen molar-refractivity contribution in [3.05, 3.63) is 11.8 Å². The largest absolute Gasteiger partial charge is 0.458 e. The maximum atomic E-state index is 11.2. The molecule has 0 radical (unpaired) electrons. The summed E-state index contributed by atoms with van der Waals surface area (Å²) in [6.45, 7) is 4.41. The highest BCUT2D eigenvalue weighted by molar-refractivity contribution is 5.68. The van der Waals surface area contributed by atoms with Crippen LogP contribution in [0.4, 0.5) is 0 Å². The van der Waals surface area contributed by atoms with Crippen LogP contribution in [-0.2, 0) is 42.9 Å². The lowest BCUT2D eigenvalue weighted by Gasteiger charge is -2.34. The van der Waals surface area contributed by atoms with Crippen LogP contribution in [-0.4, -0.2) is 49.0 Å². The summed E-state index contributed by atoms with van der Waals surface area (Å²) in [6, 6.07) is 0. The van der Waals surface area contributed by atoms with Gasteiger partial charge in [-0.15, -0.1) is 0 Å². The minimum Gasteiger partial charge on any atom is -0.458 e. The minimum absolute atomic E-state index is 0.0982. The molecule has 1 aliphatic rings. The van der Waals surface area contributed by atoms with Gasteiger partial charge in [0.05, 0.1) is 0 Å². The Morgan fingerprint density at radius 3 is 1.96 bits per heavy atom. The number of hydrogen-bond donors (Lipinski definition) is 0. The zero-order chi connectivity index (χ0) is 17.6. The first kappa shape index (κ1) is 18.5. The van der Waals surface area contributed by atoms with Gasteiger partial charge in [0.15, 0.2) is 6.10 Å². The Kier molecular flexibility index (Phi) is 6.55. The SMILES string of the molecule is CC(=O)OCC1=C[C@H](OC(C)=O)[C@@H](OC(C)=O)[C@@H](OC(C)=O)O1. The first-order chi connectivity index (χ1) is 10.7. The van der Waals surface area contributed by atoms with E-state index < -0.39 is 42.4 Å². The standard InChI is InChI=1S/C14H18O9/c1-7(15)19-6-11-5-12(20-8(2)16)13(21-9(3)17)14(23-11)22-10(4)18/h5,12-14H,6H2,1-4H3/t12-,13+,14-/m0/s1. The van der Waals surface area contributed by atoms with Gasteiger partial charge in [0.1, 0.15) is 12.4 Å². The van der Waals surface area contributed by atoms with Crippen molar-refractivity contribution >= 4 is 23.9 Å². The van der Waals surface area contributed by atoms with Crippen molar-refractivity contribution in [1.82, 2.24) is 0 Å². The van der Waals surface area contributed by atoms with Gasteiger partial charge in [0.2, 0.25) is 6.10 Å². The van der Waals surface area contributed by atoms with Gasteiger partial charge in [-0.3, -0.25) is 19.2 Å². The molecule has 0 spiro atoms. The quantitative estimate of drug-likeness (QED) is 0.515. The second-order valence-corrected chi connectivity index (χ2v) is 4.66. The molecular weight excluding hydrogens is 312 g/mol. The van der Waals surface area contributed by atoms with Crippen LogP contribution in [0.5, 0.6) is 0 Å². The van der Waals surface area contributed by atoms with Crippen molar-refractivity contribution in [1.29, 1.82) is 0 Å². The lowest BCUT2D eigenvalue weighted by atomic mass is 10.1. The third-order valence-electron chi connectivity index (χ3n) is 2.51. The highest BCUT2D eigenvalue weighted by atomic mass is 16.7. The van der Waals surface area contributed by atoms with E-state index in [0.29, 0.717) is 0 Å². The van der Waals surface area contributed by atoms with E-state index in [-0.39, 0.29) is 12.4 Å². The van der Waals surface area contributed by atoms with Gasteiger partial charge in [-0.2, -0.15) is 0 Å². The first-order valence-corrected chi connectivity index (χ1v) is 6.71. The minimum atomic E-state index is -1.34. The fourth-order valence-electron chi connectivity index (χ4n) is 1.81. The van der Waals surface area contributed by atoms with Gasteiger partial charge in [-0.1, -0.05) is 0 Å². The topological polar surface area (TPSA) is 114 Å². The van der Waals surface area contributed by atoms with Crippen LogP contribution in [0.15, 0.2) is 11.8 Å². The molecule has 128 valence electrons. The summed E-state index contributed by atoms with van der Waals surface area (Å²) >= 11 is 0. The van der Waals surface area contributed by atoms with Gasteiger partial charge in [-0.05, 0) is 0 Å². The Balaban J connectivity index is 3.04. The molecule has 0 aromatic carbocycles. The molecule has 9 heteroatoms. The average Bonchev–Trinajstić information content (AvgIpc) is 2.38. The summed E-state index contributed by atoms with van der Waals surface area (Å²) in [5.41, 5.74) is 0. The lowest BCUT2D eigenvalue weighted by molar-refractivity contribution is -0.224. The summed E-state index contributed by atoms with van der Waals surface area (Å²) in [7, 11) is 0. The Morgan fingerprint density at radius 2 is 1.48 bits per heavy atom. The molecule has 0 N–H and O–H groups in total. The highest BCUT2D eigenvalue weighted by Gasteiger charge is 2.42. The van der Waals surface area contributed by atoms with Crippen LogP contribution >= 0.6 is 0 Å². The van der Waals surface area contributed by atoms with E-state index in [1.165, 1.54) is 19.9 Å².